The van der Waals surface area contributed by atoms with E-state index < -0.39 is 10.8 Å². The largest absolute Gasteiger partial charge is 0.248 e. The van der Waals surface area contributed by atoms with Gasteiger partial charge in [-0.1, -0.05) is 27.7 Å². The Bertz CT molecular complexity index is 556. The first kappa shape index (κ1) is 12.0. The van der Waals surface area contributed by atoms with Gasteiger partial charge in [0.25, 0.3) is 0 Å². The fraction of sp³-hybridized carbons (Fsp3) is 0.111. The topological polar surface area (TPSA) is 42.9 Å². The van der Waals surface area contributed by atoms with Crippen LogP contribution in [0.1, 0.15) is 5.69 Å². The van der Waals surface area contributed by atoms with Crippen LogP contribution in [-0.4, -0.2) is 13.8 Å². The monoisotopic (exact) mass is 292 g/mol. The number of aromatic nitrogens is 2. The molecule has 2 aromatic rings. The number of nitrogens with zero attached hydrogens (tertiary/aromatic N) is 2. The van der Waals surface area contributed by atoms with Gasteiger partial charge in [0.2, 0.25) is 0 Å². The lowest BCUT2D eigenvalue weighted by Gasteiger charge is -2.01. The van der Waals surface area contributed by atoms with Crippen molar-refractivity contribution in [2.24, 2.45) is 0 Å². The van der Waals surface area contributed by atoms with Gasteiger partial charge in [0.15, 0.2) is 0 Å². The molecule has 0 amide bonds. The molecule has 0 bridgehead atoms. The van der Waals surface area contributed by atoms with Crippen LogP contribution in [0.2, 0.25) is 10.0 Å². The number of rotatable bonds is 2. The summed E-state index contributed by atoms with van der Waals surface area (Å²) in [6.45, 7) is 1.77. The van der Waals surface area contributed by atoms with E-state index in [1.165, 1.54) is 0 Å². The minimum Gasteiger partial charge on any atom is -0.248 e. The number of aryl methyl sites for hydroxylation is 1. The van der Waals surface area contributed by atoms with Crippen LogP contribution in [0.3, 0.4) is 0 Å². The van der Waals surface area contributed by atoms with Gasteiger partial charge < -0.3 is 0 Å². The smallest absolute Gasteiger partial charge is 0.140 e. The molecule has 1 aromatic carbocycles. The van der Waals surface area contributed by atoms with Crippen molar-refractivity contribution in [2.75, 3.05) is 0 Å². The van der Waals surface area contributed by atoms with E-state index >= 15 is 0 Å². The van der Waals surface area contributed by atoms with E-state index in [1.807, 2.05) is 0 Å². The maximum atomic E-state index is 12.1. The van der Waals surface area contributed by atoms with Crippen molar-refractivity contribution in [1.82, 2.24) is 9.59 Å². The fourth-order valence-electron chi connectivity index (χ4n) is 1.09. The third kappa shape index (κ3) is 2.27. The fourth-order valence-corrected chi connectivity index (χ4v) is 3.47. The summed E-state index contributed by atoms with van der Waals surface area (Å²) in [6, 6.07) is 4.91. The van der Waals surface area contributed by atoms with Crippen LogP contribution < -0.4 is 0 Å². The number of hydrogen-bond donors (Lipinski definition) is 0. The van der Waals surface area contributed by atoms with Gasteiger partial charge in [-0.25, -0.2) is 4.21 Å². The Morgan fingerprint density at radius 1 is 1.31 bits per heavy atom. The lowest BCUT2D eigenvalue weighted by molar-refractivity contribution is 0.684. The van der Waals surface area contributed by atoms with E-state index in [2.05, 4.69) is 9.59 Å². The third-order valence-corrected chi connectivity index (χ3v) is 5.24. The summed E-state index contributed by atoms with van der Waals surface area (Å²) in [6.07, 6.45) is 0. The number of benzene rings is 1. The molecule has 1 aromatic heterocycles. The lowest BCUT2D eigenvalue weighted by Crippen LogP contribution is -1.92. The predicted octanol–water partition coefficient (Wildman–Crippen LogP) is 3.32. The molecule has 0 aliphatic heterocycles. The first-order valence-electron chi connectivity index (χ1n) is 4.25. The second kappa shape index (κ2) is 4.79. The van der Waals surface area contributed by atoms with Gasteiger partial charge in [-0.3, -0.25) is 0 Å². The molecule has 0 spiro atoms. The van der Waals surface area contributed by atoms with Crippen molar-refractivity contribution in [1.29, 1.82) is 0 Å². The quantitative estimate of drug-likeness (QED) is 0.853. The maximum Gasteiger partial charge on any atom is 0.140 e. The summed E-state index contributed by atoms with van der Waals surface area (Å²) >= 11 is 12.8. The molecule has 0 aliphatic carbocycles. The van der Waals surface area contributed by atoms with Crippen LogP contribution in [0.4, 0.5) is 0 Å². The van der Waals surface area contributed by atoms with Gasteiger partial charge in [-0.15, -0.1) is 5.10 Å². The highest BCUT2D eigenvalue weighted by Crippen LogP contribution is 2.27. The van der Waals surface area contributed by atoms with Gasteiger partial charge in [0.05, 0.1) is 26.5 Å². The minimum atomic E-state index is -1.30. The molecule has 84 valence electrons. The van der Waals surface area contributed by atoms with E-state index in [4.69, 9.17) is 23.2 Å². The Balaban J connectivity index is 2.42. The zero-order valence-corrected chi connectivity index (χ0v) is 11.3. The Morgan fingerprint density at radius 3 is 2.62 bits per heavy atom. The minimum absolute atomic E-state index is 0.391. The Labute approximate surface area is 109 Å². The predicted molar refractivity (Wildman–Crippen MR) is 65.8 cm³/mol. The molecule has 0 saturated heterocycles. The second-order valence-electron chi connectivity index (χ2n) is 2.99. The highest BCUT2D eigenvalue weighted by molar-refractivity contribution is 7.87. The molecule has 0 fully saturated rings. The van der Waals surface area contributed by atoms with Crippen molar-refractivity contribution >= 4 is 45.5 Å². The SMILES string of the molecule is Cc1nnsc1[S@@](=O)c1ccc(Cl)c(Cl)c1. The first-order valence-corrected chi connectivity index (χ1v) is 6.93. The summed E-state index contributed by atoms with van der Waals surface area (Å²) in [5.41, 5.74) is 0.675. The summed E-state index contributed by atoms with van der Waals surface area (Å²) < 4.78 is 16.5. The third-order valence-electron chi connectivity index (χ3n) is 1.88. The Hall–Kier alpha value is -0.490. The number of hydrogen-bond acceptors (Lipinski definition) is 4. The van der Waals surface area contributed by atoms with Crippen molar-refractivity contribution in [3.63, 3.8) is 0 Å². The molecule has 1 atom stereocenters. The lowest BCUT2D eigenvalue weighted by atomic mass is 10.4. The molecule has 0 aliphatic rings. The standard InChI is InChI=1S/C9H6Cl2N2OS2/c1-5-9(15-13-12-5)16(14)6-2-3-7(10)8(11)4-6/h2-4H,1H3/t16-/m0/s1. The van der Waals surface area contributed by atoms with Crippen LogP contribution in [-0.2, 0) is 10.8 Å². The normalized spacial score (nSPS) is 12.7. The van der Waals surface area contributed by atoms with Crippen molar-refractivity contribution in [3.05, 3.63) is 33.9 Å². The second-order valence-corrected chi connectivity index (χ2v) is 6.23. The van der Waals surface area contributed by atoms with Gasteiger partial charge in [-0.05, 0) is 36.7 Å². The van der Waals surface area contributed by atoms with E-state index in [0.717, 1.165) is 11.5 Å². The molecule has 1 heterocycles. The van der Waals surface area contributed by atoms with Crippen LogP contribution in [0.5, 0.6) is 0 Å². The summed E-state index contributed by atoms with van der Waals surface area (Å²) in [4.78, 5) is 0.601. The van der Waals surface area contributed by atoms with E-state index in [1.54, 1.807) is 25.1 Å². The molecule has 2 rings (SSSR count). The van der Waals surface area contributed by atoms with E-state index in [0.29, 0.717) is 24.8 Å². The van der Waals surface area contributed by atoms with Crippen LogP contribution in [0, 0.1) is 6.92 Å². The van der Waals surface area contributed by atoms with Crippen molar-refractivity contribution in [3.8, 4) is 0 Å². The Kier molecular flexibility index (Phi) is 3.59. The molecular weight excluding hydrogens is 287 g/mol. The van der Waals surface area contributed by atoms with Crippen LogP contribution in [0.25, 0.3) is 0 Å². The molecule has 0 unspecified atom stereocenters. The van der Waals surface area contributed by atoms with Crippen molar-refractivity contribution < 1.29 is 4.21 Å². The molecule has 0 N–H and O–H groups in total. The molecule has 3 nitrogen and oxygen atoms in total. The molecular formula is C9H6Cl2N2OS2. The Morgan fingerprint density at radius 2 is 2.06 bits per heavy atom. The molecule has 0 radical (unpaired) electrons. The van der Waals surface area contributed by atoms with Crippen LogP contribution in [0.15, 0.2) is 27.3 Å². The molecule has 16 heavy (non-hydrogen) atoms. The van der Waals surface area contributed by atoms with Crippen LogP contribution >= 0.6 is 34.7 Å². The van der Waals surface area contributed by atoms with Crippen molar-refractivity contribution in [2.45, 2.75) is 16.0 Å². The van der Waals surface area contributed by atoms with Gasteiger partial charge in [0.1, 0.15) is 4.21 Å². The van der Waals surface area contributed by atoms with E-state index in [-0.39, 0.29) is 0 Å². The zero-order chi connectivity index (χ0) is 11.7. The average molecular weight is 293 g/mol. The summed E-state index contributed by atoms with van der Waals surface area (Å²) in [7, 11) is -1.30. The zero-order valence-electron chi connectivity index (χ0n) is 8.11. The summed E-state index contributed by atoms with van der Waals surface area (Å²) in [5, 5.41) is 4.66. The van der Waals surface area contributed by atoms with Gasteiger partial charge >= 0.3 is 0 Å². The summed E-state index contributed by atoms with van der Waals surface area (Å²) in [5.74, 6) is 0. The van der Waals surface area contributed by atoms with Gasteiger partial charge in [0, 0.05) is 4.90 Å². The highest BCUT2D eigenvalue weighted by Gasteiger charge is 2.14. The van der Waals surface area contributed by atoms with Gasteiger partial charge in [-0.2, -0.15) is 0 Å². The maximum absolute atomic E-state index is 12.1. The highest BCUT2D eigenvalue weighted by atomic mass is 35.5. The number of halogens is 2. The first-order chi connectivity index (χ1) is 7.59. The van der Waals surface area contributed by atoms with E-state index in [9.17, 15) is 4.21 Å². The molecule has 7 heteroatoms. The molecule has 0 saturated carbocycles. The average Bonchev–Trinajstić information content (AvgIpc) is 2.67.